The Morgan fingerprint density at radius 2 is 2.05 bits per heavy atom. The summed E-state index contributed by atoms with van der Waals surface area (Å²) < 4.78 is 5.22. The van der Waals surface area contributed by atoms with Gasteiger partial charge in [-0.3, -0.25) is 4.98 Å². The summed E-state index contributed by atoms with van der Waals surface area (Å²) in [6.07, 6.45) is 5.00. The molecule has 0 bridgehead atoms. The van der Waals surface area contributed by atoms with Crippen molar-refractivity contribution in [2.75, 3.05) is 5.73 Å². The Morgan fingerprint density at radius 1 is 1.16 bits per heavy atom. The second kappa shape index (κ2) is 4.49. The molecule has 6 nitrogen and oxygen atoms in total. The first-order valence-electron chi connectivity index (χ1n) is 5.70. The lowest BCUT2D eigenvalue weighted by Crippen LogP contribution is -1.89. The van der Waals surface area contributed by atoms with Gasteiger partial charge < -0.3 is 10.3 Å². The minimum absolute atomic E-state index is 0.367. The van der Waals surface area contributed by atoms with Gasteiger partial charge in [-0.15, -0.1) is 0 Å². The molecule has 0 aliphatic rings. The van der Waals surface area contributed by atoms with E-state index in [0.29, 0.717) is 23.1 Å². The Labute approximate surface area is 109 Å². The summed E-state index contributed by atoms with van der Waals surface area (Å²) in [5.74, 6) is 0.889. The summed E-state index contributed by atoms with van der Waals surface area (Å²) in [6, 6.07) is 5.33. The van der Waals surface area contributed by atoms with Crippen molar-refractivity contribution in [2.45, 2.75) is 6.92 Å². The lowest BCUT2D eigenvalue weighted by Gasteiger charge is -1.97. The molecule has 3 rings (SSSR count). The molecule has 0 aliphatic heterocycles. The van der Waals surface area contributed by atoms with Gasteiger partial charge in [-0.2, -0.15) is 4.98 Å². The molecule has 0 atom stereocenters. The van der Waals surface area contributed by atoms with Crippen molar-refractivity contribution in [3.8, 4) is 23.0 Å². The normalized spacial score (nSPS) is 10.6. The van der Waals surface area contributed by atoms with Crippen molar-refractivity contribution < 1.29 is 4.52 Å². The molecule has 19 heavy (non-hydrogen) atoms. The summed E-state index contributed by atoms with van der Waals surface area (Å²) in [6.45, 7) is 1.94. The van der Waals surface area contributed by atoms with Crippen LogP contribution in [0.3, 0.4) is 0 Å². The van der Waals surface area contributed by atoms with E-state index in [1.807, 2.05) is 13.0 Å². The molecule has 0 unspecified atom stereocenters. The molecule has 0 aliphatic carbocycles. The Morgan fingerprint density at radius 3 is 2.79 bits per heavy atom. The highest BCUT2D eigenvalue weighted by Gasteiger charge is 2.12. The van der Waals surface area contributed by atoms with Crippen LogP contribution in [0.1, 0.15) is 5.56 Å². The summed E-state index contributed by atoms with van der Waals surface area (Å²) in [5.41, 5.74) is 8.65. The predicted molar refractivity (Wildman–Crippen MR) is 69.9 cm³/mol. The number of nitrogen functional groups attached to an aromatic ring is 1. The molecule has 2 N–H and O–H groups in total. The number of aromatic nitrogens is 4. The van der Waals surface area contributed by atoms with Gasteiger partial charge in [-0.1, -0.05) is 5.16 Å². The third kappa shape index (κ3) is 2.15. The van der Waals surface area contributed by atoms with Gasteiger partial charge in [-0.05, 0) is 30.7 Å². The summed E-state index contributed by atoms with van der Waals surface area (Å²) in [7, 11) is 0. The van der Waals surface area contributed by atoms with Crippen molar-refractivity contribution in [1.29, 1.82) is 0 Å². The van der Waals surface area contributed by atoms with Crippen LogP contribution in [0.5, 0.6) is 0 Å². The van der Waals surface area contributed by atoms with Gasteiger partial charge in [0.1, 0.15) is 5.69 Å². The number of anilines is 1. The molecule has 6 heteroatoms. The molecular weight excluding hydrogens is 242 g/mol. The smallest absolute Gasteiger partial charge is 0.276 e. The zero-order valence-corrected chi connectivity index (χ0v) is 10.2. The molecule has 0 saturated heterocycles. The molecule has 3 aromatic rings. The van der Waals surface area contributed by atoms with Gasteiger partial charge in [0.05, 0.1) is 11.9 Å². The fourth-order valence-electron chi connectivity index (χ4n) is 1.69. The predicted octanol–water partition coefficient (Wildman–Crippen LogP) is 2.08. The van der Waals surface area contributed by atoms with E-state index in [1.165, 1.54) is 0 Å². The summed E-state index contributed by atoms with van der Waals surface area (Å²) in [4.78, 5) is 12.5. The van der Waals surface area contributed by atoms with Crippen molar-refractivity contribution in [1.82, 2.24) is 20.1 Å². The Bertz CT molecular complexity index is 705. The first-order valence-corrected chi connectivity index (χ1v) is 5.70. The third-order valence-electron chi connectivity index (χ3n) is 2.69. The van der Waals surface area contributed by atoms with Crippen molar-refractivity contribution in [2.24, 2.45) is 0 Å². The van der Waals surface area contributed by atoms with Crippen LogP contribution in [-0.4, -0.2) is 20.1 Å². The van der Waals surface area contributed by atoms with E-state index in [1.54, 1.807) is 30.7 Å². The number of hydrogen-bond donors (Lipinski definition) is 1. The quantitative estimate of drug-likeness (QED) is 0.751. The Balaban J connectivity index is 2.00. The van der Waals surface area contributed by atoms with Gasteiger partial charge in [0.15, 0.2) is 0 Å². The maximum Gasteiger partial charge on any atom is 0.276 e. The number of nitrogens with two attached hydrogens (primary N) is 1. The van der Waals surface area contributed by atoms with Crippen LogP contribution in [0.25, 0.3) is 23.0 Å². The standard InChI is InChI=1S/C13H11N5O/c1-8-6-15-5-4-10(8)12-17-13(19-18-12)11-3-2-9(14)7-16-11/h2-7H,14H2,1H3. The van der Waals surface area contributed by atoms with E-state index in [-0.39, 0.29) is 0 Å². The average Bonchev–Trinajstić information content (AvgIpc) is 2.89. The van der Waals surface area contributed by atoms with Gasteiger partial charge in [0, 0.05) is 18.0 Å². The minimum atomic E-state index is 0.367. The highest BCUT2D eigenvalue weighted by molar-refractivity contribution is 5.61. The average molecular weight is 253 g/mol. The van der Waals surface area contributed by atoms with Gasteiger partial charge in [0.2, 0.25) is 5.82 Å². The largest absolute Gasteiger partial charge is 0.397 e. The van der Waals surface area contributed by atoms with Crippen molar-refractivity contribution >= 4 is 5.69 Å². The maximum atomic E-state index is 5.58. The van der Waals surface area contributed by atoms with E-state index >= 15 is 0 Å². The second-order valence-corrected chi connectivity index (χ2v) is 4.09. The van der Waals surface area contributed by atoms with Crippen LogP contribution in [-0.2, 0) is 0 Å². The molecular formula is C13H11N5O. The van der Waals surface area contributed by atoms with Crippen LogP contribution in [0.15, 0.2) is 41.3 Å². The molecule has 0 amide bonds. The highest BCUT2D eigenvalue weighted by Crippen LogP contribution is 2.22. The second-order valence-electron chi connectivity index (χ2n) is 4.09. The van der Waals surface area contributed by atoms with Crippen LogP contribution >= 0.6 is 0 Å². The van der Waals surface area contributed by atoms with E-state index in [9.17, 15) is 0 Å². The zero-order chi connectivity index (χ0) is 13.2. The van der Waals surface area contributed by atoms with Gasteiger partial charge in [0.25, 0.3) is 5.89 Å². The maximum absolute atomic E-state index is 5.58. The summed E-state index contributed by atoms with van der Waals surface area (Å²) >= 11 is 0. The number of rotatable bonds is 2. The monoisotopic (exact) mass is 253 g/mol. The molecule has 94 valence electrons. The summed E-state index contributed by atoms with van der Waals surface area (Å²) in [5, 5.41) is 3.96. The molecule has 0 fully saturated rings. The molecule has 3 aromatic heterocycles. The van der Waals surface area contributed by atoms with E-state index in [4.69, 9.17) is 10.3 Å². The zero-order valence-electron chi connectivity index (χ0n) is 10.2. The topological polar surface area (TPSA) is 90.7 Å². The lowest BCUT2D eigenvalue weighted by molar-refractivity contribution is 0.431. The molecule has 3 heterocycles. The highest BCUT2D eigenvalue weighted by atomic mass is 16.5. The first kappa shape index (κ1) is 11.3. The van der Waals surface area contributed by atoms with Crippen LogP contribution in [0, 0.1) is 6.92 Å². The molecule has 0 spiro atoms. The minimum Gasteiger partial charge on any atom is -0.397 e. The molecule has 0 aromatic carbocycles. The van der Waals surface area contributed by atoms with Crippen LogP contribution in [0.4, 0.5) is 5.69 Å². The number of nitrogens with zero attached hydrogens (tertiary/aromatic N) is 4. The molecule has 0 radical (unpaired) electrons. The van der Waals surface area contributed by atoms with Crippen LogP contribution < -0.4 is 5.73 Å². The first-order chi connectivity index (χ1) is 9.24. The van der Waals surface area contributed by atoms with Crippen molar-refractivity contribution in [3.05, 3.63) is 42.4 Å². The fourth-order valence-corrected chi connectivity index (χ4v) is 1.69. The fraction of sp³-hybridized carbons (Fsp3) is 0.0769. The van der Waals surface area contributed by atoms with Gasteiger partial charge in [-0.25, -0.2) is 4.98 Å². The van der Waals surface area contributed by atoms with E-state index in [2.05, 4.69) is 20.1 Å². The number of hydrogen-bond acceptors (Lipinski definition) is 6. The number of pyridine rings is 2. The van der Waals surface area contributed by atoms with Crippen molar-refractivity contribution in [3.63, 3.8) is 0 Å². The molecule has 0 saturated carbocycles. The lowest BCUT2D eigenvalue weighted by atomic mass is 10.1. The Hall–Kier alpha value is -2.76. The third-order valence-corrected chi connectivity index (χ3v) is 2.69. The van der Waals surface area contributed by atoms with Crippen LogP contribution in [0.2, 0.25) is 0 Å². The SMILES string of the molecule is Cc1cnccc1-c1noc(-c2ccc(N)cn2)n1. The Kier molecular flexibility index (Phi) is 2.68. The van der Waals surface area contributed by atoms with Gasteiger partial charge >= 0.3 is 0 Å². The van der Waals surface area contributed by atoms with E-state index < -0.39 is 0 Å². The number of aryl methyl sites for hydroxylation is 1. The van der Waals surface area contributed by atoms with E-state index in [0.717, 1.165) is 11.1 Å².